The highest BCUT2D eigenvalue weighted by Crippen LogP contribution is 2.32. The number of nitrogens with one attached hydrogen (secondary N) is 3. The Balaban J connectivity index is 1.60. The second-order valence-corrected chi connectivity index (χ2v) is 9.85. The van der Waals surface area contributed by atoms with Crippen molar-refractivity contribution in [1.82, 2.24) is 9.29 Å². The summed E-state index contributed by atoms with van der Waals surface area (Å²) in [5, 5.41) is 22.8. The van der Waals surface area contributed by atoms with Gasteiger partial charge in [-0.05, 0) is 60.7 Å². The van der Waals surface area contributed by atoms with E-state index in [2.05, 4.69) is 10.0 Å². The first-order valence-electron chi connectivity index (χ1n) is 10.3. The molecule has 2 heterocycles. The van der Waals surface area contributed by atoms with Crippen LogP contribution in [0, 0.1) is 27.7 Å². The molecule has 0 aliphatic carbocycles. The molecule has 0 fully saturated rings. The van der Waals surface area contributed by atoms with Crippen LogP contribution in [0.25, 0.3) is 0 Å². The molecule has 1 aromatic heterocycles. The second kappa shape index (κ2) is 8.94. The summed E-state index contributed by atoms with van der Waals surface area (Å²) in [7, 11) is -1.67. The lowest BCUT2D eigenvalue weighted by Crippen LogP contribution is -2.34. The van der Waals surface area contributed by atoms with Crippen LogP contribution < -0.4 is 10.0 Å². The summed E-state index contributed by atoms with van der Waals surface area (Å²) in [6.45, 7) is 0. The van der Waals surface area contributed by atoms with E-state index in [9.17, 15) is 18.1 Å². The van der Waals surface area contributed by atoms with Gasteiger partial charge in [0.15, 0.2) is 6.23 Å². The zero-order valence-corrected chi connectivity index (χ0v) is 18.6. The predicted octanol–water partition coefficient (Wildman–Crippen LogP) is 3.75. The first kappa shape index (κ1) is 22.9. The molecule has 1 aliphatic heterocycles. The summed E-state index contributed by atoms with van der Waals surface area (Å²) in [6.07, 6.45) is 1.84. The highest BCUT2D eigenvalue weighted by Gasteiger charge is 2.31. The van der Waals surface area contributed by atoms with E-state index < -0.39 is 22.0 Å². The molecule has 4 N–H and O–H groups in total. The Morgan fingerprint density at radius 2 is 2.06 bits per heavy atom. The van der Waals surface area contributed by atoms with Crippen LogP contribution in [0.15, 0.2) is 53.6 Å². The van der Waals surface area contributed by atoms with Crippen LogP contribution in [-0.4, -0.2) is 19.9 Å². The van der Waals surface area contributed by atoms with Crippen molar-refractivity contribution in [3.63, 3.8) is 0 Å². The molecule has 0 radical (unpaired) electrons. The zero-order valence-electron chi connectivity index (χ0n) is 17.8. The molecule has 0 spiro atoms. The fourth-order valence-electron chi connectivity index (χ4n) is 4.17. The molecule has 2 unspecified atom stereocenters. The van der Waals surface area contributed by atoms with Gasteiger partial charge in [0.1, 0.15) is 27.6 Å². The van der Waals surface area contributed by atoms with E-state index in [0.717, 1.165) is 11.6 Å². The van der Waals surface area contributed by atoms with Gasteiger partial charge in [0.05, 0.1) is 16.2 Å². The van der Waals surface area contributed by atoms with E-state index in [4.69, 9.17) is 10.0 Å². The monoisotopic (exact) mass is 471 g/mol. The molecular weight excluding hydrogens is 448 g/mol. The Morgan fingerprint density at radius 1 is 1.33 bits per heavy atom. The first-order chi connectivity index (χ1) is 15.7. The van der Waals surface area contributed by atoms with Crippen LogP contribution in [0.3, 0.4) is 0 Å². The van der Waals surface area contributed by atoms with Gasteiger partial charge in [0.25, 0.3) is 0 Å². The van der Waals surface area contributed by atoms with E-state index in [1.807, 2.05) is 0 Å². The van der Waals surface area contributed by atoms with Crippen LogP contribution in [-0.2, 0) is 29.8 Å². The molecule has 0 saturated heterocycles. The Kier molecular flexibility index (Phi) is 6.21. The summed E-state index contributed by atoms with van der Waals surface area (Å²) in [5.41, 5.74) is 2.11. The lowest BCUT2D eigenvalue weighted by molar-refractivity contribution is 0.198. The second-order valence-electron chi connectivity index (χ2n) is 8.06. The number of hydrogen-bond acceptors (Lipinski definition) is 5. The maximum atomic E-state index is 13.6. The van der Waals surface area contributed by atoms with Crippen molar-refractivity contribution in [2.24, 2.45) is 7.05 Å². The van der Waals surface area contributed by atoms with Crippen molar-refractivity contribution < 1.29 is 18.1 Å². The van der Waals surface area contributed by atoms with E-state index in [1.54, 1.807) is 36.0 Å². The minimum Gasteiger partial charge on any atom is -0.368 e. The number of aliphatic hydroxyl groups excluding tert-OH is 1. The fourth-order valence-corrected chi connectivity index (χ4v) is 5.83. The van der Waals surface area contributed by atoms with Crippen molar-refractivity contribution >= 4 is 15.6 Å². The van der Waals surface area contributed by atoms with Gasteiger partial charge in [0.2, 0.25) is 0 Å². The van der Waals surface area contributed by atoms with E-state index in [0.29, 0.717) is 41.1 Å². The van der Waals surface area contributed by atoms with Crippen molar-refractivity contribution in [2.45, 2.75) is 36.4 Å². The molecule has 0 amide bonds. The third-order valence-corrected chi connectivity index (χ3v) is 7.36. The SMILES string of the molecule is Cn1cc2c(c1C(O)Nc1ccc(F)c(C#N)c1)CC[C@H](Cc1ccc(F)cc1)NS2(=N)=O. The van der Waals surface area contributed by atoms with Gasteiger partial charge >= 0.3 is 0 Å². The highest BCUT2D eigenvalue weighted by molar-refractivity contribution is 7.90. The Labute approximate surface area is 190 Å². The number of benzene rings is 2. The van der Waals surface area contributed by atoms with Crippen LogP contribution in [0.2, 0.25) is 0 Å². The average Bonchev–Trinajstić information content (AvgIpc) is 3.06. The Bertz CT molecular complexity index is 1330. The molecule has 4 rings (SSSR count). The summed E-state index contributed by atoms with van der Waals surface area (Å²) in [4.78, 5) is 0.305. The zero-order chi connectivity index (χ0) is 23.8. The minimum absolute atomic E-state index is 0.153. The molecule has 10 heteroatoms. The quantitative estimate of drug-likeness (QED) is 0.425. The standard InChI is InChI=1S/C23H23F2N5O2S/c1-30-13-21-19(22(30)23(31)28-17-7-9-20(25)15(11-17)12-26)8-6-18(29-33(21,27)32)10-14-2-4-16(24)5-3-14/h2-5,7,9,11,13,18,23,28,31H,6,8,10H2,1H3,(H2,27,29,32)/t18-,23?,33?/m1/s1. The molecule has 0 saturated carbocycles. The van der Waals surface area contributed by atoms with Crippen molar-refractivity contribution in [3.8, 4) is 6.07 Å². The number of rotatable bonds is 5. The first-order valence-corrected chi connectivity index (χ1v) is 11.9. The van der Waals surface area contributed by atoms with Crippen LogP contribution in [0.1, 0.15) is 35.0 Å². The summed E-state index contributed by atoms with van der Waals surface area (Å²) in [5.74, 6) is -0.989. The summed E-state index contributed by atoms with van der Waals surface area (Å²) in [6, 6.07) is 11.4. The van der Waals surface area contributed by atoms with Crippen molar-refractivity contribution in [1.29, 1.82) is 10.0 Å². The van der Waals surface area contributed by atoms with E-state index in [1.165, 1.54) is 24.3 Å². The smallest absolute Gasteiger partial charge is 0.166 e. The molecule has 1 aliphatic rings. The third-order valence-electron chi connectivity index (χ3n) is 5.73. The Morgan fingerprint density at radius 3 is 2.76 bits per heavy atom. The van der Waals surface area contributed by atoms with E-state index in [-0.39, 0.29) is 17.4 Å². The van der Waals surface area contributed by atoms with Gasteiger partial charge in [-0.25, -0.2) is 22.5 Å². The number of fused-ring (bicyclic) bond motifs is 1. The summed E-state index contributed by atoms with van der Waals surface area (Å²) >= 11 is 0. The van der Waals surface area contributed by atoms with Crippen LogP contribution in [0.4, 0.5) is 14.5 Å². The van der Waals surface area contributed by atoms with Gasteiger partial charge in [0, 0.05) is 25.0 Å². The van der Waals surface area contributed by atoms with Gasteiger partial charge in [-0.2, -0.15) is 5.26 Å². The third kappa shape index (κ3) is 4.75. The van der Waals surface area contributed by atoms with Gasteiger partial charge in [-0.3, -0.25) is 0 Å². The van der Waals surface area contributed by atoms with Crippen LogP contribution in [0.5, 0.6) is 0 Å². The van der Waals surface area contributed by atoms with Gasteiger partial charge < -0.3 is 15.0 Å². The maximum Gasteiger partial charge on any atom is 0.166 e. The highest BCUT2D eigenvalue weighted by atomic mass is 32.2. The maximum absolute atomic E-state index is 13.6. The molecule has 33 heavy (non-hydrogen) atoms. The largest absolute Gasteiger partial charge is 0.368 e. The number of anilines is 1. The lowest BCUT2D eigenvalue weighted by atomic mass is 9.99. The van der Waals surface area contributed by atoms with Gasteiger partial charge in [-0.1, -0.05) is 12.1 Å². The number of hydrogen-bond donors (Lipinski definition) is 4. The van der Waals surface area contributed by atoms with E-state index >= 15 is 0 Å². The van der Waals surface area contributed by atoms with Crippen LogP contribution >= 0.6 is 0 Å². The lowest BCUT2D eigenvalue weighted by Gasteiger charge is -2.19. The normalized spacial score (nSPS) is 21.0. The molecule has 3 atom stereocenters. The average molecular weight is 472 g/mol. The number of nitriles is 1. The predicted molar refractivity (Wildman–Crippen MR) is 120 cm³/mol. The topological polar surface area (TPSA) is 114 Å². The number of aromatic nitrogens is 1. The Hall–Kier alpha value is -3.26. The van der Waals surface area contributed by atoms with Crippen molar-refractivity contribution in [3.05, 3.63) is 82.7 Å². The molecule has 172 valence electrons. The number of aliphatic hydroxyl groups is 1. The molecule has 0 bridgehead atoms. The minimum atomic E-state index is -3.36. The molecule has 7 nitrogen and oxygen atoms in total. The molecule has 3 aromatic rings. The number of nitrogens with zero attached hydrogens (tertiary/aromatic N) is 2. The fraction of sp³-hybridized carbons (Fsp3) is 0.261. The molecule has 2 aromatic carbocycles. The van der Waals surface area contributed by atoms with Crippen molar-refractivity contribution in [2.75, 3.05) is 5.32 Å². The number of halogens is 2. The number of aryl methyl sites for hydroxylation is 1. The molecular formula is C23H23F2N5O2S. The summed E-state index contributed by atoms with van der Waals surface area (Å²) < 4.78 is 53.1. The van der Waals surface area contributed by atoms with Gasteiger partial charge in [-0.15, -0.1) is 0 Å².